The third-order valence-electron chi connectivity index (χ3n) is 3.34. The molecule has 0 radical (unpaired) electrons. The highest BCUT2D eigenvalue weighted by atomic mass is 35.5. The molecule has 1 aromatic heterocycles. The number of primary amides is 1. The van der Waals surface area contributed by atoms with E-state index in [-0.39, 0.29) is 22.2 Å². The maximum Gasteiger partial charge on any atom is 0.252 e. The molecule has 2 rings (SSSR count). The van der Waals surface area contributed by atoms with Crippen molar-refractivity contribution in [2.75, 3.05) is 19.4 Å². The number of pyridine rings is 1. The van der Waals surface area contributed by atoms with Crippen molar-refractivity contribution < 1.29 is 13.2 Å². The number of aromatic nitrogens is 1. The predicted molar refractivity (Wildman–Crippen MR) is 92.4 cm³/mol. The van der Waals surface area contributed by atoms with Crippen molar-refractivity contribution in [1.82, 2.24) is 9.29 Å². The number of anilines is 1. The van der Waals surface area contributed by atoms with Crippen molar-refractivity contribution in [3.05, 3.63) is 52.8 Å². The van der Waals surface area contributed by atoms with Crippen LogP contribution in [0, 0.1) is 0 Å². The highest BCUT2D eigenvalue weighted by Gasteiger charge is 2.20. The summed E-state index contributed by atoms with van der Waals surface area (Å²) in [4.78, 5) is 15.5. The summed E-state index contributed by atoms with van der Waals surface area (Å²) in [5, 5.41) is 3.19. The minimum absolute atomic E-state index is 0.171. The van der Waals surface area contributed by atoms with Crippen LogP contribution >= 0.6 is 11.6 Å². The molecule has 0 atom stereocenters. The molecular formula is C15H17ClN4O3S. The zero-order valence-corrected chi connectivity index (χ0v) is 14.7. The molecule has 1 heterocycles. The molecule has 0 fully saturated rings. The zero-order valence-electron chi connectivity index (χ0n) is 13.2. The second kappa shape index (κ2) is 7.16. The van der Waals surface area contributed by atoms with Gasteiger partial charge in [0.15, 0.2) is 0 Å². The van der Waals surface area contributed by atoms with Gasteiger partial charge in [-0.25, -0.2) is 17.7 Å². The highest BCUT2D eigenvalue weighted by Crippen LogP contribution is 2.22. The van der Waals surface area contributed by atoms with Gasteiger partial charge in [-0.1, -0.05) is 29.8 Å². The van der Waals surface area contributed by atoms with Gasteiger partial charge < -0.3 is 11.1 Å². The third-order valence-corrected chi connectivity index (χ3v) is 5.46. The van der Waals surface area contributed by atoms with Crippen LogP contribution in [-0.2, 0) is 16.6 Å². The first-order chi connectivity index (χ1) is 11.2. The van der Waals surface area contributed by atoms with Gasteiger partial charge in [0, 0.05) is 26.8 Å². The zero-order chi connectivity index (χ0) is 17.9. The van der Waals surface area contributed by atoms with E-state index in [0.29, 0.717) is 11.3 Å². The minimum Gasteiger partial charge on any atom is -0.380 e. The van der Waals surface area contributed by atoms with E-state index in [2.05, 4.69) is 10.3 Å². The number of benzene rings is 1. The molecule has 1 aromatic carbocycles. The number of nitrogens with one attached hydrogen (secondary N) is 1. The predicted octanol–water partition coefficient (Wildman–Crippen LogP) is 1.70. The molecule has 2 aromatic rings. The number of carbonyl (C=O) groups excluding carboxylic acids is 1. The number of carbonyl (C=O) groups is 1. The Morgan fingerprint density at radius 2 is 2.00 bits per heavy atom. The fourth-order valence-electron chi connectivity index (χ4n) is 2.06. The molecule has 0 unspecified atom stereocenters. The third kappa shape index (κ3) is 3.84. The van der Waals surface area contributed by atoms with Gasteiger partial charge >= 0.3 is 0 Å². The Kier molecular flexibility index (Phi) is 5.43. The van der Waals surface area contributed by atoms with E-state index < -0.39 is 15.9 Å². The van der Waals surface area contributed by atoms with Crippen LogP contribution in [0.4, 0.5) is 5.69 Å². The topological polar surface area (TPSA) is 105 Å². The van der Waals surface area contributed by atoms with Crippen LogP contribution in [0.1, 0.15) is 15.9 Å². The van der Waals surface area contributed by atoms with Crippen molar-refractivity contribution in [2.45, 2.75) is 11.4 Å². The number of sulfonamides is 1. The first kappa shape index (κ1) is 18.2. The van der Waals surface area contributed by atoms with Crippen molar-refractivity contribution in [1.29, 1.82) is 0 Å². The second-order valence-corrected chi connectivity index (χ2v) is 7.67. The average molecular weight is 369 g/mol. The molecule has 3 N–H and O–H groups in total. The van der Waals surface area contributed by atoms with Crippen molar-refractivity contribution in [3.63, 3.8) is 0 Å². The Morgan fingerprint density at radius 1 is 1.33 bits per heavy atom. The van der Waals surface area contributed by atoms with Crippen LogP contribution in [-0.4, -0.2) is 37.7 Å². The quantitative estimate of drug-likeness (QED) is 0.755. The van der Waals surface area contributed by atoms with E-state index in [1.807, 2.05) is 0 Å². The van der Waals surface area contributed by atoms with Crippen molar-refractivity contribution in [2.24, 2.45) is 5.73 Å². The Hall–Kier alpha value is -2.16. The van der Waals surface area contributed by atoms with Gasteiger partial charge in [-0.2, -0.15) is 0 Å². The van der Waals surface area contributed by atoms with Gasteiger partial charge in [-0.3, -0.25) is 4.79 Å². The number of halogens is 1. The Balaban J connectivity index is 2.35. The Labute approximate surface area is 145 Å². The summed E-state index contributed by atoms with van der Waals surface area (Å²) in [6, 6.07) is 8.07. The molecule has 24 heavy (non-hydrogen) atoms. The van der Waals surface area contributed by atoms with E-state index in [9.17, 15) is 13.2 Å². The minimum atomic E-state index is -3.58. The fourth-order valence-corrected chi connectivity index (χ4v) is 3.33. The normalized spacial score (nSPS) is 11.5. The van der Waals surface area contributed by atoms with Gasteiger partial charge in [0.05, 0.1) is 16.1 Å². The number of amides is 1. The highest BCUT2D eigenvalue weighted by molar-refractivity contribution is 7.89. The molecule has 9 heteroatoms. The van der Waals surface area contributed by atoms with Crippen LogP contribution in [0.3, 0.4) is 0 Å². The number of nitrogens with two attached hydrogens (primary N) is 1. The van der Waals surface area contributed by atoms with Gasteiger partial charge in [0.1, 0.15) is 5.15 Å². The van der Waals surface area contributed by atoms with E-state index in [4.69, 9.17) is 17.3 Å². The number of hydrogen-bond donors (Lipinski definition) is 2. The lowest BCUT2D eigenvalue weighted by atomic mass is 10.2. The molecule has 0 saturated carbocycles. The lowest BCUT2D eigenvalue weighted by Gasteiger charge is -2.16. The lowest BCUT2D eigenvalue weighted by molar-refractivity contribution is 0.100. The molecule has 0 spiro atoms. The van der Waals surface area contributed by atoms with E-state index >= 15 is 0 Å². The summed E-state index contributed by atoms with van der Waals surface area (Å²) in [6.45, 7) is 0.171. The standard InChI is InChI=1S/C15H17ClN4O3S/c1-20(2)24(22,23)13-6-4-3-5-10(13)8-18-12-7-14(16)19-9-11(12)15(17)21/h3-7,9H,8H2,1-2H3,(H2,17,21)(H,18,19). The summed E-state index contributed by atoms with van der Waals surface area (Å²) >= 11 is 5.84. The summed E-state index contributed by atoms with van der Waals surface area (Å²) in [5.74, 6) is -0.657. The SMILES string of the molecule is CN(C)S(=O)(=O)c1ccccc1CNc1cc(Cl)ncc1C(N)=O. The average Bonchev–Trinajstić information content (AvgIpc) is 2.52. The first-order valence-corrected chi connectivity index (χ1v) is 8.75. The van der Waals surface area contributed by atoms with Crippen molar-refractivity contribution >= 4 is 33.2 Å². The van der Waals surface area contributed by atoms with Crippen LogP contribution < -0.4 is 11.1 Å². The largest absolute Gasteiger partial charge is 0.380 e. The molecule has 0 saturated heterocycles. The van der Waals surface area contributed by atoms with Gasteiger partial charge in [0.2, 0.25) is 10.0 Å². The van der Waals surface area contributed by atoms with Crippen LogP contribution in [0.5, 0.6) is 0 Å². The molecule has 1 amide bonds. The second-order valence-electron chi connectivity index (χ2n) is 5.17. The Bertz CT molecular complexity index is 869. The monoisotopic (exact) mass is 368 g/mol. The van der Waals surface area contributed by atoms with Gasteiger partial charge in [-0.05, 0) is 17.7 Å². The molecule has 7 nitrogen and oxygen atoms in total. The summed E-state index contributed by atoms with van der Waals surface area (Å²) < 4.78 is 25.9. The summed E-state index contributed by atoms with van der Waals surface area (Å²) in [5.41, 5.74) is 6.42. The maximum absolute atomic E-state index is 12.4. The van der Waals surface area contributed by atoms with Crippen LogP contribution in [0.15, 0.2) is 41.4 Å². The number of rotatable bonds is 6. The summed E-state index contributed by atoms with van der Waals surface area (Å²) in [7, 11) is -0.652. The van der Waals surface area contributed by atoms with E-state index in [0.717, 1.165) is 4.31 Å². The molecular weight excluding hydrogens is 352 g/mol. The fraction of sp³-hybridized carbons (Fsp3) is 0.200. The molecule has 0 aliphatic rings. The lowest BCUT2D eigenvalue weighted by Crippen LogP contribution is -2.24. The smallest absolute Gasteiger partial charge is 0.252 e. The van der Waals surface area contributed by atoms with Crippen LogP contribution in [0.25, 0.3) is 0 Å². The van der Waals surface area contributed by atoms with Gasteiger partial charge in [-0.15, -0.1) is 0 Å². The molecule has 0 aliphatic carbocycles. The number of nitrogens with zero attached hydrogens (tertiary/aromatic N) is 2. The van der Waals surface area contributed by atoms with Gasteiger partial charge in [0.25, 0.3) is 5.91 Å². The van der Waals surface area contributed by atoms with Crippen LogP contribution in [0.2, 0.25) is 5.15 Å². The Morgan fingerprint density at radius 3 is 2.62 bits per heavy atom. The molecule has 128 valence electrons. The van der Waals surface area contributed by atoms with E-state index in [1.54, 1.807) is 18.2 Å². The molecule has 0 aliphatic heterocycles. The maximum atomic E-state index is 12.4. The number of hydrogen-bond acceptors (Lipinski definition) is 5. The summed E-state index contributed by atoms with van der Waals surface area (Å²) in [6.07, 6.45) is 1.27. The molecule has 0 bridgehead atoms. The van der Waals surface area contributed by atoms with E-state index in [1.165, 1.54) is 32.4 Å². The van der Waals surface area contributed by atoms with Crippen molar-refractivity contribution in [3.8, 4) is 0 Å². The first-order valence-electron chi connectivity index (χ1n) is 6.93.